The monoisotopic (exact) mass is 208 g/mol. The SMILES string of the molecule is O=C(CC1CCNN1)c1ccc(F)cc1. The molecule has 1 aromatic rings. The second kappa shape index (κ2) is 4.51. The molecule has 0 saturated carbocycles. The van der Waals surface area contributed by atoms with Crippen LogP contribution in [0.1, 0.15) is 23.2 Å². The van der Waals surface area contributed by atoms with Gasteiger partial charge in [0.05, 0.1) is 0 Å². The normalized spacial score (nSPS) is 20.5. The predicted octanol–water partition coefficient (Wildman–Crippen LogP) is 1.26. The van der Waals surface area contributed by atoms with E-state index < -0.39 is 0 Å². The zero-order valence-corrected chi connectivity index (χ0v) is 8.29. The van der Waals surface area contributed by atoms with Gasteiger partial charge in [0.2, 0.25) is 0 Å². The summed E-state index contributed by atoms with van der Waals surface area (Å²) in [5.74, 6) is -0.261. The average Bonchev–Trinajstić information content (AvgIpc) is 2.71. The fraction of sp³-hybridized carbons (Fsp3) is 0.364. The maximum atomic E-state index is 12.6. The van der Waals surface area contributed by atoms with Crippen molar-refractivity contribution in [2.75, 3.05) is 6.54 Å². The fourth-order valence-corrected chi connectivity index (χ4v) is 1.67. The van der Waals surface area contributed by atoms with Gasteiger partial charge < -0.3 is 0 Å². The Morgan fingerprint density at radius 2 is 2.13 bits per heavy atom. The number of nitrogens with one attached hydrogen (secondary N) is 2. The van der Waals surface area contributed by atoms with Crippen molar-refractivity contribution < 1.29 is 9.18 Å². The van der Waals surface area contributed by atoms with Crippen LogP contribution in [0.3, 0.4) is 0 Å². The molecule has 3 nitrogen and oxygen atoms in total. The van der Waals surface area contributed by atoms with E-state index in [2.05, 4.69) is 10.9 Å². The van der Waals surface area contributed by atoms with Crippen molar-refractivity contribution in [1.29, 1.82) is 0 Å². The van der Waals surface area contributed by atoms with E-state index in [1.165, 1.54) is 24.3 Å². The second-order valence-corrected chi connectivity index (χ2v) is 3.69. The van der Waals surface area contributed by atoms with Gasteiger partial charge in [-0.05, 0) is 30.7 Å². The lowest BCUT2D eigenvalue weighted by Crippen LogP contribution is -2.31. The van der Waals surface area contributed by atoms with Gasteiger partial charge in [0, 0.05) is 24.6 Å². The molecule has 1 saturated heterocycles. The van der Waals surface area contributed by atoms with Gasteiger partial charge >= 0.3 is 0 Å². The molecule has 1 aliphatic rings. The molecule has 1 aromatic carbocycles. The number of rotatable bonds is 3. The third kappa shape index (κ3) is 2.61. The van der Waals surface area contributed by atoms with E-state index in [9.17, 15) is 9.18 Å². The Kier molecular flexibility index (Phi) is 3.08. The molecule has 2 N–H and O–H groups in total. The minimum atomic E-state index is -0.313. The molecule has 0 spiro atoms. The van der Waals surface area contributed by atoms with Crippen LogP contribution in [0.25, 0.3) is 0 Å². The third-order valence-corrected chi connectivity index (χ3v) is 2.52. The highest BCUT2D eigenvalue weighted by atomic mass is 19.1. The Balaban J connectivity index is 1.98. The van der Waals surface area contributed by atoms with Crippen molar-refractivity contribution in [2.24, 2.45) is 0 Å². The number of halogens is 1. The van der Waals surface area contributed by atoms with Crippen LogP contribution in [0.15, 0.2) is 24.3 Å². The summed E-state index contributed by atoms with van der Waals surface area (Å²) in [4.78, 5) is 11.7. The number of ketones is 1. The van der Waals surface area contributed by atoms with Crippen molar-refractivity contribution in [1.82, 2.24) is 10.9 Å². The van der Waals surface area contributed by atoms with Crippen LogP contribution in [0, 0.1) is 5.82 Å². The zero-order chi connectivity index (χ0) is 10.7. The quantitative estimate of drug-likeness (QED) is 0.735. The fourth-order valence-electron chi connectivity index (χ4n) is 1.67. The molecule has 4 heteroatoms. The van der Waals surface area contributed by atoms with E-state index in [1.807, 2.05) is 0 Å². The van der Waals surface area contributed by atoms with Gasteiger partial charge in [-0.25, -0.2) is 4.39 Å². The molecule has 1 unspecified atom stereocenters. The largest absolute Gasteiger partial charge is 0.294 e. The molecule has 0 aromatic heterocycles. The molecule has 0 radical (unpaired) electrons. The minimum Gasteiger partial charge on any atom is -0.294 e. The lowest BCUT2D eigenvalue weighted by molar-refractivity contribution is 0.0971. The van der Waals surface area contributed by atoms with Crippen molar-refractivity contribution in [3.63, 3.8) is 0 Å². The van der Waals surface area contributed by atoms with Crippen molar-refractivity contribution >= 4 is 5.78 Å². The highest BCUT2D eigenvalue weighted by molar-refractivity contribution is 5.96. The standard InChI is InChI=1S/C11H13FN2O/c12-9-3-1-8(2-4-9)11(15)7-10-5-6-13-14-10/h1-4,10,13-14H,5-7H2. The maximum absolute atomic E-state index is 12.6. The second-order valence-electron chi connectivity index (χ2n) is 3.69. The first-order valence-corrected chi connectivity index (χ1v) is 5.03. The molecule has 1 heterocycles. The van der Waals surface area contributed by atoms with Crippen LogP contribution in [0.4, 0.5) is 4.39 Å². The van der Waals surface area contributed by atoms with Crippen LogP contribution < -0.4 is 10.9 Å². The molecule has 80 valence electrons. The average molecular weight is 208 g/mol. The van der Waals surface area contributed by atoms with E-state index in [4.69, 9.17) is 0 Å². The zero-order valence-electron chi connectivity index (χ0n) is 8.29. The molecular formula is C11H13FN2O. The van der Waals surface area contributed by atoms with E-state index in [1.54, 1.807) is 0 Å². The highest BCUT2D eigenvalue weighted by Crippen LogP contribution is 2.10. The van der Waals surface area contributed by atoms with E-state index >= 15 is 0 Å². The lowest BCUT2D eigenvalue weighted by atomic mass is 10.0. The molecule has 0 aliphatic carbocycles. The Bertz CT molecular complexity index is 344. The molecule has 1 atom stereocenters. The van der Waals surface area contributed by atoms with Crippen LogP contribution in [-0.4, -0.2) is 18.4 Å². The Morgan fingerprint density at radius 3 is 2.73 bits per heavy atom. The minimum absolute atomic E-state index is 0.0520. The molecule has 0 amide bonds. The number of carbonyl (C=O) groups excluding carboxylic acids is 1. The Hall–Kier alpha value is -1.26. The van der Waals surface area contributed by atoms with Crippen LogP contribution in [-0.2, 0) is 0 Å². The highest BCUT2D eigenvalue weighted by Gasteiger charge is 2.18. The van der Waals surface area contributed by atoms with Crippen LogP contribution in [0.2, 0.25) is 0 Å². The van der Waals surface area contributed by atoms with Crippen molar-refractivity contribution in [3.05, 3.63) is 35.6 Å². The van der Waals surface area contributed by atoms with Gasteiger partial charge in [-0.3, -0.25) is 15.6 Å². The van der Waals surface area contributed by atoms with Gasteiger partial charge in [0.1, 0.15) is 5.82 Å². The first kappa shape index (κ1) is 10.3. The van der Waals surface area contributed by atoms with Gasteiger partial charge in [-0.2, -0.15) is 0 Å². The number of benzene rings is 1. The molecule has 15 heavy (non-hydrogen) atoms. The van der Waals surface area contributed by atoms with Crippen molar-refractivity contribution in [3.8, 4) is 0 Å². The summed E-state index contributed by atoms with van der Waals surface area (Å²) in [7, 11) is 0. The summed E-state index contributed by atoms with van der Waals surface area (Å²) >= 11 is 0. The molecule has 2 rings (SSSR count). The lowest BCUT2D eigenvalue weighted by Gasteiger charge is -2.07. The van der Waals surface area contributed by atoms with Crippen molar-refractivity contribution in [2.45, 2.75) is 18.9 Å². The van der Waals surface area contributed by atoms with Gasteiger partial charge in [0.15, 0.2) is 5.78 Å². The number of carbonyl (C=O) groups is 1. The summed E-state index contributed by atoms with van der Waals surface area (Å²) < 4.78 is 12.6. The molecule has 1 aliphatic heterocycles. The van der Waals surface area contributed by atoms with Gasteiger partial charge in [-0.1, -0.05) is 0 Å². The molecule has 1 fully saturated rings. The maximum Gasteiger partial charge on any atom is 0.164 e. The Morgan fingerprint density at radius 1 is 1.40 bits per heavy atom. The summed E-state index contributed by atoms with van der Waals surface area (Å²) in [5, 5.41) is 0. The first-order chi connectivity index (χ1) is 7.25. The van der Waals surface area contributed by atoms with E-state index in [0.29, 0.717) is 12.0 Å². The smallest absolute Gasteiger partial charge is 0.164 e. The van der Waals surface area contributed by atoms with E-state index in [-0.39, 0.29) is 17.6 Å². The first-order valence-electron chi connectivity index (χ1n) is 5.03. The van der Waals surface area contributed by atoms with E-state index in [0.717, 1.165) is 13.0 Å². The van der Waals surface area contributed by atoms with Crippen LogP contribution in [0.5, 0.6) is 0 Å². The number of Topliss-reactive ketones (excluding diaryl/α,β-unsaturated/α-hetero) is 1. The number of hydrogen-bond acceptors (Lipinski definition) is 3. The third-order valence-electron chi connectivity index (χ3n) is 2.52. The summed E-state index contributed by atoms with van der Waals surface area (Å²) in [6.45, 7) is 0.890. The molecular weight excluding hydrogens is 195 g/mol. The Labute approximate surface area is 87.6 Å². The van der Waals surface area contributed by atoms with Gasteiger partial charge in [-0.15, -0.1) is 0 Å². The van der Waals surface area contributed by atoms with Gasteiger partial charge in [0.25, 0.3) is 0 Å². The molecule has 0 bridgehead atoms. The number of hydrogen-bond donors (Lipinski definition) is 2. The topological polar surface area (TPSA) is 41.1 Å². The summed E-state index contributed by atoms with van der Waals surface area (Å²) in [6, 6.07) is 5.88. The summed E-state index contributed by atoms with van der Waals surface area (Å²) in [5.41, 5.74) is 6.57. The summed E-state index contributed by atoms with van der Waals surface area (Å²) in [6.07, 6.45) is 1.41. The number of hydrazine groups is 1. The predicted molar refractivity (Wildman–Crippen MR) is 54.9 cm³/mol. The van der Waals surface area contributed by atoms with Crippen LogP contribution >= 0.6 is 0 Å².